The van der Waals surface area contributed by atoms with Crippen molar-refractivity contribution in [3.63, 3.8) is 0 Å². The number of fused-ring (bicyclic) bond motifs is 3. The van der Waals surface area contributed by atoms with Crippen molar-refractivity contribution in [1.29, 1.82) is 0 Å². The Morgan fingerprint density at radius 1 is 1.10 bits per heavy atom. The summed E-state index contributed by atoms with van der Waals surface area (Å²) in [6.07, 6.45) is 0.662. The van der Waals surface area contributed by atoms with E-state index < -0.39 is 67.2 Å². The SMILES string of the molecule is CC(C)CC(=O)OC1C(OC2CC(C(=O)O)C3CCC45CC(CCC4C3(C)C2)C(C)C5O)OC(CO)C(OO[O-])[C@H]1C. The van der Waals surface area contributed by atoms with Crippen LogP contribution in [0.2, 0.25) is 0 Å². The Hall–Kier alpha value is -1.34. The summed E-state index contributed by atoms with van der Waals surface area (Å²) < 4.78 is 18.5. The molecule has 3 N–H and O–H groups in total. The predicted molar refractivity (Wildman–Crippen MR) is 145 cm³/mol. The van der Waals surface area contributed by atoms with Crippen LogP contribution in [0.5, 0.6) is 0 Å². The first-order valence-electron chi connectivity index (χ1n) is 15.8. The van der Waals surface area contributed by atoms with Crippen LogP contribution in [0.3, 0.4) is 0 Å². The van der Waals surface area contributed by atoms with Crippen molar-refractivity contribution < 1.29 is 54.3 Å². The zero-order chi connectivity index (χ0) is 30.6. The van der Waals surface area contributed by atoms with Gasteiger partial charge in [0.25, 0.3) is 0 Å². The molecule has 5 fully saturated rings. The molecule has 2 bridgehead atoms. The molecule has 13 unspecified atom stereocenters. The highest BCUT2D eigenvalue weighted by molar-refractivity contribution is 5.71. The van der Waals surface area contributed by atoms with Crippen LogP contribution in [0.4, 0.5) is 0 Å². The number of carbonyl (C=O) groups excluding carboxylic acids is 1. The van der Waals surface area contributed by atoms with E-state index in [-0.39, 0.29) is 47.3 Å². The van der Waals surface area contributed by atoms with E-state index in [1.165, 1.54) is 0 Å². The summed E-state index contributed by atoms with van der Waals surface area (Å²) >= 11 is 0. The maximum Gasteiger partial charge on any atom is 0.306 e. The van der Waals surface area contributed by atoms with E-state index in [9.17, 15) is 30.2 Å². The molecule has 1 spiro atoms. The minimum Gasteiger partial charge on any atom is -0.692 e. The van der Waals surface area contributed by atoms with E-state index in [2.05, 4.69) is 18.9 Å². The number of carboxylic acid groups (broad SMARTS) is 1. The third-order valence-corrected chi connectivity index (χ3v) is 12.0. The van der Waals surface area contributed by atoms with E-state index in [4.69, 9.17) is 19.1 Å². The van der Waals surface area contributed by atoms with Gasteiger partial charge in [-0.15, -0.1) is 0 Å². The summed E-state index contributed by atoms with van der Waals surface area (Å²) in [4.78, 5) is 30.4. The summed E-state index contributed by atoms with van der Waals surface area (Å²) in [5.74, 6) is -1.63. The summed E-state index contributed by atoms with van der Waals surface area (Å²) in [5, 5.41) is 46.5. The number of esters is 1. The van der Waals surface area contributed by atoms with Gasteiger partial charge in [0.1, 0.15) is 12.2 Å². The summed E-state index contributed by atoms with van der Waals surface area (Å²) in [5.41, 5.74) is -0.572. The van der Waals surface area contributed by atoms with Gasteiger partial charge in [0.15, 0.2) is 12.4 Å². The monoisotopic (exact) mass is 597 g/mol. The van der Waals surface area contributed by atoms with Gasteiger partial charge in [-0.25, -0.2) is 4.89 Å². The maximum atomic E-state index is 12.8. The second-order valence-electron chi connectivity index (χ2n) is 14.7. The minimum absolute atomic E-state index is 0.0341. The van der Waals surface area contributed by atoms with E-state index in [0.717, 1.165) is 32.1 Å². The average molecular weight is 598 g/mol. The lowest BCUT2D eigenvalue weighted by atomic mass is 9.43. The van der Waals surface area contributed by atoms with Gasteiger partial charge in [-0.2, -0.15) is 0 Å². The second-order valence-corrected chi connectivity index (χ2v) is 14.7. The van der Waals surface area contributed by atoms with Crippen molar-refractivity contribution in [2.45, 2.75) is 123 Å². The molecular weight excluding hydrogens is 548 g/mol. The smallest absolute Gasteiger partial charge is 0.306 e. The number of hydrogen-bond donors (Lipinski definition) is 3. The molecule has 4 saturated carbocycles. The van der Waals surface area contributed by atoms with Gasteiger partial charge < -0.3 is 34.8 Å². The number of carboxylic acids is 1. The Balaban J connectivity index is 1.43. The third-order valence-electron chi connectivity index (χ3n) is 12.0. The molecule has 0 amide bonds. The van der Waals surface area contributed by atoms with Gasteiger partial charge >= 0.3 is 11.9 Å². The molecule has 4 aliphatic carbocycles. The fourth-order valence-corrected chi connectivity index (χ4v) is 10.2. The molecule has 11 nitrogen and oxygen atoms in total. The first-order valence-corrected chi connectivity index (χ1v) is 15.8. The standard InChI is InChI=1S/C31H50O11/c1-15(2)10-24(33)40-26-17(4)25(41-42-37)22(14-32)39-29(26)38-19-11-20(28(35)36)21-8-9-31-12-18(16(3)27(31)34)6-7-23(31)30(21,5)13-19/h15-23,25-27,29,32,34,37H,6-14H2,1-5H3,(H,35,36)/p-1/t16?,17-,18?,19?,20?,21?,22?,23?,25?,26?,27?,29?,30?,31?/m1/s1. The molecule has 1 heterocycles. The lowest BCUT2D eigenvalue weighted by Crippen LogP contribution is -2.61. The van der Waals surface area contributed by atoms with E-state index in [0.29, 0.717) is 12.3 Å². The molecular formula is C31H49O11-. The van der Waals surface area contributed by atoms with E-state index in [1.807, 2.05) is 13.8 Å². The van der Waals surface area contributed by atoms with Crippen molar-refractivity contribution in [2.24, 2.45) is 52.3 Å². The van der Waals surface area contributed by atoms with Crippen LogP contribution in [0.1, 0.15) is 86.0 Å². The van der Waals surface area contributed by atoms with Gasteiger partial charge in [-0.3, -0.25) is 14.6 Å². The fraction of sp³-hybridized carbons (Fsp3) is 0.935. The van der Waals surface area contributed by atoms with Gasteiger partial charge in [-0.1, -0.05) is 34.6 Å². The van der Waals surface area contributed by atoms with Gasteiger partial charge in [0, 0.05) is 17.8 Å². The Kier molecular flexibility index (Phi) is 9.33. The molecule has 1 aliphatic heterocycles. The molecule has 240 valence electrons. The number of hydrogen-bond acceptors (Lipinski definition) is 10. The van der Waals surface area contributed by atoms with Gasteiger partial charge in [0.2, 0.25) is 0 Å². The summed E-state index contributed by atoms with van der Waals surface area (Å²) in [6.45, 7) is 9.36. The lowest BCUT2D eigenvalue weighted by Gasteiger charge is -2.62. The topological polar surface area (TPSA) is 164 Å². The van der Waals surface area contributed by atoms with Crippen LogP contribution in [0, 0.1) is 52.3 Å². The zero-order valence-corrected chi connectivity index (χ0v) is 25.5. The van der Waals surface area contributed by atoms with Crippen LogP contribution in [0.25, 0.3) is 0 Å². The zero-order valence-electron chi connectivity index (χ0n) is 25.5. The van der Waals surface area contributed by atoms with Crippen LogP contribution < -0.4 is 5.26 Å². The summed E-state index contributed by atoms with van der Waals surface area (Å²) in [6, 6.07) is 0. The number of aliphatic carboxylic acids is 1. The average Bonchev–Trinajstić information content (AvgIpc) is 3.10. The minimum atomic E-state index is -1.11. The molecule has 11 heteroatoms. The van der Waals surface area contributed by atoms with Crippen LogP contribution in [0.15, 0.2) is 0 Å². The Labute approximate surface area is 248 Å². The number of rotatable bonds is 9. The van der Waals surface area contributed by atoms with Crippen LogP contribution >= 0.6 is 0 Å². The van der Waals surface area contributed by atoms with Gasteiger partial charge in [0.05, 0.1) is 24.7 Å². The van der Waals surface area contributed by atoms with Crippen molar-refractivity contribution >= 4 is 11.9 Å². The third kappa shape index (κ3) is 5.41. The van der Waals surface area contributed by atoms with Crippen LogP contribution in [-0.4, -0.2) is 70.7 Å². The predicted octanol–water partition coefficient (Wildman–Crippen LogP) is 2.60. The Morgan fingerprint density at radius 3 is 2.48 bits per heavy atom. The molecule has 5 aliphatic rings. The molecule has 0 aromatic rings. The molecule has 14 atom stereocenters. The first-order chi connectivity index (χ1) is 19.9. The van der Waals surface area contributed by atoms with Crippen molar-refractivity contribution in [1.82, 2.24) is 0 Å². The number of aliphatic hydroxyl groups is 2. The van der Waals surface area contributed by atoms with E-state index >= 15 is 0 Å². The maximum absolute atomic E-state index is 12.8. The quantitative estimate of drug-likeness (QED) is 0.155. The Bertz CT molecular complexity index is 990. The summed E-state index contributed by atoms with van der Waals surface area (Å²) in [7, 11) is 0. The largest absolute Gasteiger partial charge is 0.692 e. The Morgan fingerprint density at radius 2 is 1.83 bits per heavy atom. The van der Waals surface area contributed by atoms with Crippen molar-refractivity contribution in [3.05, 3.63) is 0 Å². The molecule has 42 heavy (non-hydrogen) atoms. The fourth-order valence-electron chi connectivity index (χ4n) is 10.2. The lowest BCUT2D eigenvalue weighted by molar-refractivity contribution is -0.807. The molecule has 0 radical (unpaired) electrons. The highest BCUT2D eigenvalue weighted by Crippen LogP contribution is 2.71. The van der Waals surface area contributed by atoms with Gasteiger partial charge in [-0.05, 0) is 80.0 Å². The van der Waals surface area contributed by atoms with Crippen molar-refractivity contribution in [2.75, 3.05) is 6.61 Å². The molecule has 5 rings (SSSR count). The van der Waals surface area contributed by atoms with E-state index in [1.54, 1.807) is 6.92 Å². The number of carbonyl (C=O) groups is 2. The van der Waals surface area contributed by atoms with Crippen LogP contribution in [-0.2, 0) is 33.7 Å². The molecule has 0 aromatic carbocycles. The number of ether oxygens (including phenoxy) is 3. The highest BCUT2D eigenvalue weighted by atomic mass is 17.5. The van der Waals surface area contributed by atoms with Crippen molar-refractivity contribution in [3.8, 4) is 0 Å². The first kappa shape index (κ1) is 32.1. The molecule has 1 saturated heterocycles. The molecule has 0 aromatic heterocycles. The second kappa shape index (κ2) is 12.2. The number of aliphatic hydroxyl groups excluding tert-OH is 2. The highest BCUT2D eigenvalue weighted by Gasteiger charge is 2.67. The normalized spacial score (nSPS) is 48.4.